The Morgan fingerprint density at radius 2 is 1.85 bits per heavy atom. The lowest BCUT2D eigenvalue weighted by atomic mass is 10.3. The van der Waals surface area contributed by atoms with Crippen molar-refractivity contribution in [2.45, 2.75) is 17.7 Å². The highest BCUT2D eigenvalue weighted by molar-refractivity contribution is 7.91. The maximum absolute atomic E-state index is 13.6. The number of para-hydroxylation sites is 1. The SMILES string of the molecule is O=C(CCCS(=O)(=O)c1ccc(F)cc1)Nc1nc2c(F)cccc2s1. The van der Waals surface area contributed by atoms with E-state index in [9.17, 15) is 22.0 Å². The topological polar surface area (TPSA) is 76.1 Å². The summed E-state index contributed by atoms with van der Waals surface area (Å²) in [7, 11) is -3.58. The van der Waals surface area contributed by atoms with E-state index in [1.54, 1.807) is 12.1 Å². The van der Waals surface area contributed by atoms with Crippen molar-refractivity contribution in [3.63, 3.8) is 0 Å². The molecule has 0 unspecified atom stereocenters. The van der Waals surface area contributed by atoms with Crippen molar-refractivity contribution in [1.82, 2.24) is 4.98 Å². The summed E-state index contributed by atoms with van der Waals surface area (Å²) in [5.41, 5.74) is 0.187. The molecule has 0 atom stereocenters. The van der Waals surface area contributed by atoms with Crippen molar-refractivity contribution in [3.8, 4) is 0 Å². The molecule has 2 aromatic carbocycles. The molecule has 0 radical (unpaired) electrons. The quantitative estimate of drug-likeness (QED) is 0.644. The van der Waals surface area contributed by atoms with E-state index in [0.29, 0.717) is 4.70 Å². The second-order valence-corrected chi connectivity index (χ2v) is 8.67. The minimum Gasteiger partial charge on any atom is -0.302 e. The highest BCUT2D eigenvalue weighted by Gasteiger charge is 2.16. The Kier molecular flexibility index (Phi) is 5.28. The number of benzene rings is 2. The molecule has 3 aromatic rings. The van der Waals surface area contributed by atoms with Crippen LogP contribution in [0, 0.1) is 11.6 Å². The van der Waals surface area contributed by atoms with Gasteiger partial charge in [-0.15, -0.1) is 0 Å². The molecule has 0 bridgehead atoms. The predicted octanol–water partition coefficient (Wildman–Crippen LogP) is 3.77. The Bertz CT molecular complexity index is 1050. The van der Waals surface area contributed by atoms with Gasteiger partial charge in [-0.3, -0.25) is 4.79 Å². The summed E-state index contributed by atoms with van der Waals surface area (Å²) in [6.07, 6.45) is 0.0730. The predicted molar refractivity (Wildman–Crippen MR) is 95.9 cm³/mol. The van der Waals surface area contributed by atoms with Gasteiger partial charge in [-0.25, -0.2) is 22.2 Å². The number of anilines is 1. The number of thiazole rings is 1. The third kappa shape index (κ3) is 4.23. The lowest BCUT2D eigenvalue weighted by molar-refractivity contribution is -0.116. The van der Waals surface area contributed by atoms with E-state index >= 15 is 0 Å². The molecule has 3 rings (SSSR count). The van der Waals surface area contributed by atoms with Crippen molar-refractivity contribution in [1.29, 1.82) is 0 Å². The molecule has 1 amide bonds. The van der Waals surface area contributed by atoms with Crippen LogP contribution >= 0.6 is 11.3 Å². The zero-order valence-corrected chi connectivity index (χ0v) is 15.0. The summed E-state index contributed by atoms with van der Waals surface area (Å²) in [6.45, 7) is 0. The van der Waals surface area contributed by atoms with Gasteiger partial charge >= 0.3 is 0 Å². The third-order valence-corrected chi connectivity index (χ3v) is 6.36. The first kappa shape index (κ1) is 18.4. The summed E-state index contributed by atoms with van der Waals surface area (Å²) >= 11 is 1.14. The van der Waals surface area contributed by atoms with E-state index in [1.165, 1.54) is 18.2 Å². The third-order valence-electron chi connectivity index (χ3n) is 3.61. The number of rotatable bonds is 6. The molecule has 0 saturated carbocycles. The van der Waals surface area contributed by atoms with Gasteiger partial charge < -0.3 is 5.32 Å². The van der Waals surface area contributed by atoms with Gasteiger partial charge in [0, 0.05) is 6.42 Å². The van der Waals surface area contributed by atoms with Gasteiger partial charge in [0.1, 0.15) is 17.2 Å². The summed E-state index contributed by atoms with van der Waals surface area (Å²) < 4.78 is 51.3. The zero-order valence-electron chi connectivity index (χ0n) is 13.4. The molecule has 5 nitrogen and oxygen atoms in total. The number of nitrogens with one attached hydrogen (secondary N) is 1. The fourth-order valence-electron chi connectivity index (χ4n) is 2.33. The first-order valence-corrected chi connectivity index (χ1v) is 10.2. The van der Waals surface area contributed by atoms with Gasteiger partial charge in [-0.1, -0.05) is 17.4 Å². The first-order chi connectivity index (χ1) is 12.3. The molecule has 0 aliphatic rings. The average molecular weight is 396 g/mol. The minimum absolute atomic E-state index is 0.0148. The zero-order chi connectivity index (χ0) is 18.7. The van der Waals surface area contributed by atoms with E-state index in [4.69, 9.17) is 0 Å². The first-order valence-electron chi connectivity index (χ1n) is 7.68. The van der Waals surface area contributed by atoms with E-state index in [1.807, 2.05) is 0 Å². The molecule has 9 heteroatoms. The summed E-state index contributed by atoms with van der Waals surface area (Å²) in [5.74, 6) is -1.63. The minimum atomic E-state index is -3.58. The second kappa shape index (κ2) is 7.46. The lowest BCUT2D eigenvalue weighted by Crippen LogP contribution is -2.14. The molecule has 136 valence electrons. The largest absolute Gasteiger partial charge is 0.302 e. The maximum atomic E-state index is 13.6. The number of nitrogens with zero attached hydrogens (tertiary/aromatic N) is 1. The summed E-state index contributed by atoms with van der Waals surface area (Å²) in [6, 6.07) is 9.08. The van der Waals surface area contributed by atoms with Crippen LogP contribution in [0.4, 0.5) is 13.9 Å². The van der Waals surface area contributed by atoms with E-state index in [0.717, 1.165) is 23.5 Å². The molecule has 0 aliphatic carbocycles. The molecule has 0 aliphatic heterocycles. The van der Waals surface area contributed by atoms with Gasteiger partial charge in [-0.2, -0.15) is 0 Å². The standard InChI is InChI=1S/C17H14F2N2O3S2/c18-11-6-8-12(9-7-11)26(23,24)10-2-5-15(22)20-17-21-16-13(19)3-1-4-14(16)25-17/h1,3-4,6-9H,2,5,10H2,(H,20,21,22). The number of amides is 1. The maximum Gasteiger partial charge on any atom is 0.226 e. The smallest absolute Gasteiger partial charge is 0.226 e. The second-order valence-electron chi connectivity index (χ2n) is 5.53. The van der Waals surface area contributed by atoms with Crippen LogP contribution in [0.1, 0.15) is 12.8 Å². The number of carbonyl (C=O) groups is 1. The van der Waals surface area contributed by atoms with Crippen molar-refractivity contribution in [2.24, 2.45) is 0 Å². The molecular formula is C17H14F2N2O3S2. The van der Waals surface area contributed by atoms with E-state index in [2.05, 4.69) is 10.3 Å². The van der Waals surface area contributed by atoms with Crippen LogP contribution in [-0.2, 0) is 14.6 Å². The van der Waals surface area contributed by atoms with Crippen LogP contribution < -0.4 is 5.32 Å². The number of sulfone groups is 1. The lowest BCUT2D eigenvalue weighted by Gasteiger charge is -2.04. The Hall–Kier alpha value is -2.39. The number of halogens is 2. The van der Waals surface area contributed by atoms with Crippen molar-refractivity contribution in [2.75, 3.05) is 11.1 Å². The Morgan fingerprint density at radius 1 is 1.12 bits per heavy atom. The Labute approximate surface area is 152 Å². The molecule has 0 fully saturated rings. The number of aromatic nitrogens is 1. The van der Waals surface area contributed by atoms with Crippen LogP contribution in [0.15, 0.2) is 47.4 Å². The number of fused-ring (bicyclic) bond motifs is 1. The normalized spacial score (nSPS) is 11.6. The van der Waals surface area contributed by atoms with E-state index < -0.39 is 27.4 Å². The van der Waals surface area contributed by atoms with Crippen molar-refractivity contribution >= 4 is 42.4 Å². The highest BCUT2D eigenvalue weighted by atomic mass is 32.2. The van der Waals surface area contributed by atoms with Crippen LogP contribution in [-0.4, -0.2) is 25.1 Å². The molecule has 26 heavy (non-hydrogen) atoms. The molecule has 0 spiro atoms. The van der Waals surface area contributed by atoms with Crippen LogP contribution in [0.25, 0.3) is 10.2 Å². The van der Waals surface area contributed by atoms with Crippen LogP contribution in [0.3, 0.4) is 0 Å². The highest BCUT2D eigenvalue weighted by Crippen LogP contribution is 2.27. The fraction of sp³-hybridized carbons (Fsp3) is 0.176. The van der Waals surface area contributed by atoms with Gasteiger partial charge in [0.2, 0.25) is 5.91 Å². The summed E-state index contributed by atoms with van der Waals surface area (Å²) in [5, 5.41) is 2.81. The number of hydrogen-bond acceptors (Lipinski definition) is 5. The monoisotopic (exact) mass is 396 g/mol. The van der Waals surface area contributed by atoms with Gasteiger partial charge in [0.05, 0.1) is 15.3 Å². The molecule has 0 saturated heterocycles. The summed E-state index contributed by atoms with van der Waals surface area (Å²) in [4.78, 5) is 16.0. The van der Waals surface area contributed by atoms with Crippen molar-refractivity contribution < 1.29 is 22.0 Å². The van der Waals surface area contributed by atoms with E-state index in [-0.39, 0.29) is 34.1 Å². The van der Waals surface area contributed by atoms with Gasteiger partial charge in [-0.05, 0) is 42.8 Å². The molecule has 1 aromatic heterocycles. The Balaban J connectivity index is 1.56. The van der Waals surface area contributed by atoms with Gasteiger partial charge in [0.25, 0.3) is 0 Å². The number of hydrogen-bond donors (Lipinski definition) is 1. The molecule has 1 N–H and O–H groups in total. The van der Waals surface area contributed by atoms with Gasteiger partial charge in [0.15, 0.2) is 15.0 Å². The van der Waals surface area contributed by atoms with Crippen LogP contribution in [0.5, 0.6) is 0 Å². The van der Waals surface area contributed by atoms with Crippen LogP contribution in [0.2, 0.25) is 0 Å². The fourth-order valence-corrected chi connectivity index (χ4v) is 4.54. The number of carbonyl (C=O) groups excluding carboxylic acids is 1. The molecular weight excluding hydrogens is 382 g/mol. The average Bonchev–Trinajstić information content (AvgIpc) is 2.99. The van der Waals surface area contributed by atoms with Crippen molar-refractivity contribution in [3.05, 3.63) is 54.1 Å². The molecule has 1 heterocycles. The Morgan fingerprint density at radius 3 is 2.54 bits per heavy atom.